The molecule has 0 aliphatic rings. The van der Waals surface area contributed by atoms with Crippen LogP contribution in [0.4, 0.5) is 0 Å². The van der Waals surface area contributed by atoms with Crippen LogP contribution in [0.25, 0.3) is 0 Å². The minimum absolute atomic E-state index is 0.163. The van der Waals surface area contributed by atoms with Gasteiger partial charge in [0.25, 0.3) is 0 Å². The molecular weight excluding hydrogens is 246 g/mol. The van der Waals surface area contributed by atoms with Crippen molar-refractivity contribution in [3.05, 3.63) is 63.7 Å². The zero-order valence-electron chi connectivity index (χ0n) is 12.9. The van der Waals surface area contributed by atoms with Gasteiger partial charge in [0.1, 0.15) is 5.75 Å². The number of hydrogen-bond acceptors (Lipinski definition) is 2. The Morgan fingerprint density at radius 3 is 2.20 bits per heavy atom. The average molecular weight is 269 g/mol. The van der Waals surface area contributed by atoms with Crippen LogP contribution < -0.4 is 10.5 Å². The van der Waals surface area contributed by atoms with E-state index in [0.717, 1.165) is 22.4 Å². The van der Waals surface area contributed by atoms with Crippen molar-refractivity contribution in [2.45, 2.75) is 33.7 Å². The summed E-state index contributed by atoms with van der Waals surface area (Å²) in [5.74, 6) is 0.901. The van der Waals surface area contributed by atoms with E-state index in [2.05, 4.69) is 58.0 Å². The molecule has 2 heteroatoms. The smallest absolute Gasteiger partial charge is 0.127 e. The Labute approximate surface area is 121 Å². The van der Waals surface area contributed by atoms with Gasteiger partial charge in [-0.25, -0.2) is 0 Å². The first-order chi connectivity index (χ1) is 9.45. The molecule has 0 bridgehead atoms. The maximum atomic E-state index is 6.50. The first kappa shape index (κ1) is 14.6. The second kappa shape index (κ2) is 5.68. The van der Waals surface area contributed by atoms with Crippen LogP contribution in [0.3, 0.4) is 0 Å². The average Bonchev–Trinajstić information content (AvgIpc) is 2.43. The van der Waals surface area contributed by atoms with Gasteiger partial charge in [-0.3, -0.25) is 0 Å². The van der Waals surface area contributed by atoms with Crippen LogP contribution >= 0.6 is 0 Å². The topological polar surface area (TPSA) is 35.2 Å². The Hall–Kier alpha value is -1.80. The Morgan fingerprint density at radius 2 is 1.55 bits per heavy atom. The molecule has 0 aliphatic carbocycles. The predicted octanol–water partition coefficient (Wildman–Crippen LogP) is 3.98. The fourth-order valence-electron chi connectivity index (χ4n) is 2.59. The molecule has 0 amide bonds. The normalized spacial score (nSPS) is 12.3. The highest BCUT2D eigenvalue weighted by Crippen LogP contribution is 2.34. The summed E-state index contributed by atoms with van der Waals surface area (Å²) < 4.78 is 5.59. The van der Waals surface area contributed by atoms with Gasteiger partial charge in [-0.2, -0.15) is 0 Å². The van der Waals surface area contributed by atoms with Crippen molar-refractivity contribution in [1.82, 2.24) is 0 Å². The molecule has 2 aromatic carbocycles. The van der Waals surface area contributed by atoms with Crippen molar-refractivity contribution in [3.63, 3.8) is 0 Å². The van der Waals surface area contributed by atoms with Crippen LogP contribution in [-0.2, 0) is 0 Å². The van der Waals surface area contributed by atoms with Crippen molar-refractivity contribution >= 4 is 0 Å². The van der Waals surface area contributed by atoms with Gasteiger partial charge in [-0.1, -0.05) is 35.9 Å². The fraction of sp³-hybridized carbons (Fsp3) is 0.333. The molecule has 2 aromatic rings. The Bertz CT molecular complexity index is 632. The zero-order chi connectivity index (χ0) is 14.9. The number of hydrogen-bond donors (Lipinski definition) is 1. The molecular formula is C18H23NO. The van der Waals surface area contributed by atoms with E-state index in [1.54, 1.807) is 7.11 Å². The first-order valence-electron chi connectivity index (χ1n) is 6.92. The molecule has 1 atom stereocenters. The predicted molar refractivity (Wildman–Crippen MR) is 84.4 cm³/mol. The van der Waals surface area contributed by atoms with Gasteiger partial charge >= 0.3 is 0 Å². The number of benzene rings is 2. The number of aryl methyl sites for hydroxylation is 3. The largest absolute Gasteiger partial charge is 0.496 e. The summed E-state index contributed by atoms with van der Waals surface area (Å²) in [6.07, 6.45) is 0. The van der Waals surface area contributed by atoms with Crippen LogP contribution in [0.15, 0.2) is 30.3 Å². The quantitative estimate of drug-likeness (QED) is 0.914. The minimum atomic E-state index is -0.163. The van der Waals surface area contributed by atoms with Gasteiger partial charge in [-0.05, 0) is 49.9 Å². The lowest BCUT2D eigenvalue weighted by molar-refractivity contribution is 0.404. The molecule has 0 heterocycles. The summed E-state index contributed by atoms with van der Waals surface area (Å²) in [7, 11) is 1.71. The molecule has 2 nitrogen and oxygen atoms in total. The Kier molecular flexibility index (Phi) is 4.15. The lowest BCUT2D eigenvalue weighted by Crippen LogP contribution is -2.15. The van der Waals surface area contributed by atoms with E-state index in [9.17, 15) is 0 Å². The number of ether oxygens (including phenoxy) is 1. The second-order valence-corrected chi connectivity index (χ2v) is 5.47. The lowest BCUT2D eigenvalue weighted by Gasteiger charge is -2.21. The summed E-state index contributed by atoms with van der Waals surface area (Å²) in [6.45, 7) is 8.36. The fourth-order valence-corrected chi connectivity index (χ4v) is 2.59. The van der Waals surface area contributed by atoms with Crippen molar-refractivity contribution < 1.29 is 4.74 Å². The molecule has 0 saturated carbocycles. The highest BCUT2D eigenvalue weighted by molar-refractivity contribution is 5.50. The van der Waals surface area contributed by atoms with Gasteiger partial charge in [0.2, 0.25) is 0 Å². The SMILES string of the molecule is COc1c(C(N)c2cc(C)ccc2C)ccc(C)c1C. The monoisotopic (exact) mass is 269 g/mol. The van der Waals surface area contributed by atoms with E-state index in [1.807, 2.05) is 0 Å². The zero-order valence-corrected chi connectivity index (χ0v) is 12.9. The van der Waals surface area contributed by atoms with Gasteiger partial charge in [0, 0.05) is 5.56 Å². The van der Waals surface area contributed by atoms with Crippen LogP contribution in [0.2, 0.25) is 0 Å². The summed E-state index contributed by atoms with van der Waals surface area (Å²) in [5.41, 5.74) is 13.5. The van der Waals surface area contributed by atoms with Gasteiger partial charge < -0.3 is 10.5 Å². The standard InChI is InChI=1S/C18H23NO/c1-11-6-7-13(3)16(10-11)17(19)15-9-8-12(2)14(4)18(15)20-5/h6-10,17H,19H2,1-5H3. The third-order valence-corrected chi connectivity index (χ3v) is 4.02. The first-order valence-corrected chi connectivity index (χ1v) is 6.92. The molecule has 2 N–H and O–H groups in total. The van der Waals surface area contributed by atoms with E-state index in [0.29, 0.717) is 0 Å². The van der Waals surface area contributed by atoms with Crippen LogP contribution in [0.5, 0.6) is 5.75 Å². The minimum Gasteiger partial charge on any atom is -0.496 e. The molecule has 0 radical (unpaired) electrons. The third kappa shape index (κ3) is 2.56. The molecule has 106 valence electrons. The highest BCUT2D eigenvalue weighted by atomic mass is 16.5. The van der Waals surface area contributed by atoms with Gasteiger partial charge in [-0.15, -0.1) is 0 Å². The van der Waals surface area contributed by atoms with E-state index in [-0.39, 0.29) is 6.04 Å². The van der Waals surface area contributed by atoms with Gasteiger partial charge in [0.15, 0.2) is 0 Å². The number of methoxy groups -OCH3 is 1. The Morgan fingerprint density at radius 1 is 0.900 bits per heavy atom. The van der Waals surface area contributed by atoms with Crippen LogP contribution in [0, 0.1) is 27.7 Å². The summed E-state index contributed by atoms with van der Waals surface area (Å²) in [5, 5.41) is 0. The summed E-state index contributed by atoms with van der Waals surface area (Å²) in [4.78, 5) is 0. The van der Waals surface area contributed by atoms with E-state index in [4.69, 9.17) is 10.5 Å². The van der Waals surface area contributed by atoms with Crippen LogP contribution in [-0.4, -0.2) is 7.11 Å². The summed E-state index contributed by atoms with van der Waals surface area (Å²) >= 11 is 0. The van der Waals surface area contributed by atoms with Crippen molar-refractivity contribution in [2.75, 3.05) is 7.11 Å². The molecule has 2 rings (SSSR count). The summed E-state index contributed by atoms with van der Waals surface area (Å²) in [6, 6.07) is 10.4. The van der Waals surface area contributed by atoms with E-state index >= 15 is 0 Å². The third-order valence-electron chi connectivity index (χ3n) is 4.02. The van der Waals surface area contributed by atoms with Crippen molar-refractivity contribution in [1.29, 1.82) is 0 Å². The van der Waals surface area contributed by atoms with Crippen LogP contribution in [0.1, 0.15) is 39.4 Å². The van der Waals surface area contributed by atoms with Crippen molar-refractivity contribution in [2.24, 2.45) is 5.73 Å². The molecule has 0 aromatic heterocycles. The number of rotatable bonds is 3. The highest BCUT2D eigenvalue weighted by Gasteiger charge is 2.18. The molecule has 0 fully saturated rings. The van der Waals surface area contributed by atoms with E-state index < -0.39 is 0 Å². The van der Waals surface area contributed by atoms with E-state index in [1.165, 1.54) is 16.7 Å². The van der Waals surface area contributed by atoms with Crippen molar-refractivity contribution in [3.8, 4) is 5.75 Å². The maximum absolute atomic E-state index is 6.50. The molecule has 0 aliphatic heterocycles. The maximum Gasteiger partial charge on any atom is 0.127 e. The molecule has 20 heavy (non-hydrogen) atoms. The Balaban J connectivity index is 2.56. The second-order valence-electron chi connectivity index (χ2n) is 5.47. The van der Waals surface area contributed by atoms with Gasteiger partial charge in [0.05, 0.1) is 13.2 Å². The molecule has 0 saturated heterocycles. The number of nitrogens with two attached hydrogens (primary N) is 1. The molecule has 0 spiro atoms. The lowest BCUT2D eigenvalue weighted by atomic mass is 9.91. The molecule has 1 unspecified atom stereocenters.